The molecule has 0 aliphatic carbocycles. The van der Waals surface area contributed by atoms with Crippen LogP contribution >= 0.6 is 0 Å². The highest BCUT2D eigenvalue weighted by atomic mass is 15.3. The second kappa shape index (κ2) is 2.48. The first kappa shape index (κ1) is 7.38. The third kappa shape index (κ3) is 0.893. The van der Waals surface area contributed by atoms with Crippen molar-refractivity contribution >= 4 is 21.8 Å². The highest BCUT2D eigenvalue weighted by Crippen LogP contribution is 2.18. The maximum atomic E-state index is 5.75. The Hall–Kier alpha value is -2.03. The summed E-state index contributed by atoms with van der Waals surface area (Å²) >= 11 is 0. The average Bonchev–Trinajstić information content (AvgIpc) is 2.57. The Morgan fingerprint density at radius 2 is 1.79 bits per heavy atom. The van der Waals surface area contributed by atoms with Crippen molar-refractivity contribution in [2.45, 2.75) is 0 Å². The predicted octanol–water partition coefficient (Wildman–Crippen LogP) is 1.32. The molecule has 0 aliphatic heterocycles. The van der Waals surface area contributed by atoms with Crippen molar-refractivity contribution in [3.05, 3.63) is 42.7 Å². The van der Waals surface area contributed by atoms with Crippen LogP contribution in [0, 0.1) is 0 Å². The van der Waals surface area contributed by atoms with Gasteiger partial charge in [0.15, 0.2) is 11.0 Å². The molecule has 0 atom stereocenters. The van der Waals surface area contributed by atoms with Crippen LogP contribution in [0.15, 0.2) is 42.7 Å². The molecule has 1 heterocycles. The Bertz CT molecular complexity index is 610. The summed E-state index contributed by atoms with van der Waals surface area (Å²) in [6.07, 6.45) is 1.75. The number of fused-ring (bicyclic) bond motifs is 2. The van der Waals surface area contributed by atoms with Crippen LogP contribution in [0.5, 0.6) is 0 Å². The van der Waals surface area contributed by atoms with E-state index in [4.69, 9.17) is 5.84 Å². The third-order valence-corrected chi connectivity index (χ3v) is 2.50. The van der Waals surface area contributed by atoms with Gasteiger partial charge in [0.1, 0.15) is 0 Å². The van der Waals surface area contributed by atoms with Gasteiger partial charge in [-0.2, -0.15) is 0 Å². The molecule has 3 nitrogen and oxygen atoms in total. The molecule has 3 rings (SSSR count). The number of hydrogen-bond acceptors (Lipinski definition) is 1. The highest BCUT2D eigenvalue weighted by molar-refractivity contribution is 5.93. The van der Waals surface area contributed by atoms with Gasteiger partial charge in [0.2, 0.25) is 0 Å². The number of rotatable bonds is 0. The molecule has 3 heteroatoms. The van der Waals surface area contributed by atoms with E-state index < -0.39 is 0 Å². The topological polar surface area (TPSA) is 45.7 Å². The molecule has 0 bridgehead atoms. The van der Waals surface area contributed by atoms with E-state index in [0.717, 1.165) is 11.0 Å². The minimum Gasteiger partial charge on any atom is -0.269 e. The number of nitrogens with two attached hydrogens (primary N) is 1. The molecule has 0 saturated carbocycles. The summed E-state index contributed by atoms with van der Waals surface area (Å²) in [5.41, 5.74) is 2.08. The SMILES string of the molecule is N[n+]1c[nH]c2cc3ccccc3cc21. The van der Waals surface area contributed by atoms with E-state index in [1.807, 2.05) is 12.1 Å². The van der Waals surface area contributed by atoms with Gasteiger partial charge in [-0.05, 0) is 22.9 Å². The monoisotopic (exact) mass is 184 g/mol. The van der Waals surface area contributed by atoms with Crippen LogP contribution in [-0.4, -0.2) is 4.98 Å². The molecule has 0 fully saturated rings. The maximum Gasteiger partial charge on any atom is 0.265 e. The van der Waals surface area contributed by atoms with Gasteiger partial charge in [0, 0.05) is 0 Å². The number of nitrogen functional groups attached to an aromatic ring is 1. The van der Waals surface area contributed by atoms with E-state index in [9.17, 15) is 0 Å². The number of hydrogen-bond donors (Lipinski definition) is 2. The summed E-state index contributed by atoms with van der Waals surface area (Å²) in [5.74, 6) is 5.75. The van der Waals surface area contributed by atoms with Crippen molar-refractivity contribution in [2.75, 3.05) is 5.84 Å². The van der Waals surface area contributed by atoms with E-state index in [1.54, 1.807) is 11.0 Å². The van der Waals surface area contributed by atoms with Gasteiger partial charge >= 0.3 is 0 Å². The van der Waals surface area contributed by atoms with Gasteiger partial charge in [0.25, 0.3) is 6.33 Å². The summed E-state index contributed by atoms with van der Waals surface area (Å²) in [6, 6.07) is 12.4. The van der Waals surface area contributed by atoms with Crippen molar-refractivity contribution in [1.29, 1.82) is 0 Å². The second-order valence-electron chi connectivity index (χ2n) is 3.40. The first-order valence-corrected chi connectivity index (χ1v) is 4.51. The Morgan fingerprint density at radius 3 is 2.57 bits per heavy atom. The zero-order chi connectivity index (χ0) is 9.54. The van der Waals surface area contributed by atoms with Crippen LogP contribution < -0.4 is 10.5 Å². The maximum absolute atomic E-state index is 5.75. The molecule has 3 N–H and O–H groups in total. The molecule has 2 aromatic carbocycles. The van der Waals surface area contributed by atoms with Crippen molar-refractivity contribution < 1.29 is 4.68 Å². The number of benzene rings is 2. The van der Waals surface area contributed by atoms with Crippen molar-refractivity contribution in [2.24, 2.45) is 0 Å². The fourth-order valence-corrected chi connectivity index (χ4v) is 1.77. The lowest BCUT2D eigenvalue weighted by molar-refractivity contribution is -0.611. The number of aromatic amines is 1. The Balaban J connectivity index is 2.54. The van der Waals surface area contributed by atoms with E-state index in [-0.39, 0.29) is 0 Å². The van der Waals surface area contributed by atoms with Crippen LogP contribution in [0.2, 0.25) is 0 Å². The molecule has 0 spiro atoms. The lowest BCUT2D eigenvalue weighted by atomic mass is 10.1. The van der Waals surface area contributed by atoms with Crippen LogP contribution in [0.3, 0.4) is 0 Å². The van der Waals surface area contributed by atoms with Gasteiger partial charge in [-0.1, -0.05) is 24.3 Å². The van der Waals surface area contributed by atoms with E-state index in [2.05, 4.69) is 29.2 Å². The summed E-state index contributed by atoms with van der Waals surface area (Å²) in [5, 5.41) is 2.43. The van der Waals surface area contributed by atoms with Gasteiger partial charge in [0.05, 0.1) is 0 Å². The summed E-state index contributed by atoms with van der Waals surface area (Å²) in [4.78, 5) is 3.12. The van der Waals surface area contributed by atoms with Crippen molar-refractivity contribution in [3.8, 4) is 0 Å². The first-order valence-electron chi connectivity index (χ1n) is 4.51. The highest BCUT2D eigenvalue weighted by Gasteiger charge is 2.07. The van der Waals surface area contributed by atoms with Crippen molar-refractivity contribution in [1.82, 2.24) is 4.98 Å². The predicted molar refractivity (Wildman–Crippen MR) is 56.2 cm³/mol. The average molecular weight is 184 g/mol. The zero-order valence-electron chi connectivity index (χ0n) is 7.57. The van der Waals surface area contributed by atoms with Crippen LogP contribution in [0.4, 0.5) is 0 Å². The Kier molecular flexibility index (Phi) is 1.31. The summed E-state index contributed by atoms with van der Waals surface area (Å²) < 4.78 is 1.60. The van der Waals surface area contributed by atoms with Crippen molar-refractivity contribution in [3.63, 3.8) is 0 Å². The second-order valence-corrected chi connectivity index (χ2v) is 3.40. The van der Waals surface area contributed by atoms with Crippen LogP contribution in [-0.2, 0) is 0 Å². The standard InChI is InChI=1S/C11H9N3/c12-14-7-13-10-5-8-3-1-2-4-9(8)6-11(10)14/h1-7H,12H2/p+1. The number of H-pyrrole nitrogens is 1. The first-order chi connectivity index (χ1) is 6.84. The molecule has 68 valence electrons. The quantitative estimate of drug-likeness (QED) is 0.401. The molecule has 1 aromatic heterocycles. The van der Waals surface area contributed by atoms with Crippen LogP contribution in [0.1, 0.15) is 0 Å². The molecule has 0 radical (unpaired) electrons. The van der Waals surface area contributed by atoms with Crippen LogP contribution in [0.25, 0.3) is 21.8 Å². The minimum absolute atomic E-state index is 1.02. The normalized spacial score (nSPS) is 11.1. The lowest BCUT2D eigenvalue weighted by Crippen LogP contribution is -2.42. The Morgan fingerprint density at radius 1 is 1.07 bits per heavy atom. The molecule has 3 aromatic rings. The molecule has 14 heavy (non-hydrogen) atoms. The van der Waals surface area contributed by atoms with Gasteiger partial charge in [-0.15, -0.1) is 4.68 Å². The van der Waals surface area contributed by atoms with E-state index in [0.29, 0.717) is 0 Å². The Labute approximate surface area is 80.7 Å². The molecule has 0 saturated heterocycles. The number of imidazole rings is 1. The third-order valence-electron chi connectivity index (χ3n) is 2.50. The summed E-state index contributed by atoms with van der Waals surface area (Å²) in [7, 11) is 0. The fraction of sp³-hybridized carbons (Fsp3) is 0. The zero-order valence-corrected chi connectivity index (χ0v) is 7.57. The molecule has 0 unspecified atom stereocenters. The van der Waals surface area contributed by atoms with Gasteiger partial charge < -0.3 is 0 Å². The lowest BCUT2D eigenvalue weighted by Gasteiger charge is -1.94. The van der Waals surface area contributed by atoms with Gasteiger partial charge in [-0.25, -0.2) is 4.98 Å². The molecule has 0 amide bonds. The summed E-state index contributed by atoms with van der Waals surface area (Å²) in [6.45, 7) is 0. The van der Waals surface area contributed by atoms with E-state index >= 15 is 0 Å². The number of nitrogens with one attached hydrogen (secondary N) is 1. The van der Waals surface area contributed by atoms with E-state index in [1.165, 1.54) is 10.8 Å². The molecule has 0 aliphatic rings. The number of aromatic nitrogens is 2. The minimum atomic E-state index is 1.02. The smallest absolute Gasteiger partial charge is 0.265 e. The fourth-order valence-electron chi connectivity index (χ4n) is 1.77. The largest absolute Gasteiger partial charge is 0.269 e. The molecular weight excluding hydrogens is 174 g/mol. The van der Waals surface area contributed by atoms with Gasteiger partial charge in [-0.3, -0.25) is 5.84 Å². The number of nitrogens with zero attached hydrogens (tertiary/aromatic N) is 1. The molecular formula is C11H10N3+.